The first kappa shape index (κ1) is 30.3. The Morgan fingerprint density at radius 1 is 0.957 bits per heavy atom. The highest BCUT2D eigenvalue weighted by Gasteiger charge is 2.43. The van der Waals surface area contributed by atoms with Crippen molar-refractivity contribution in [3.63, 3.8) is 0 Å². The van der Waals surface area contributed by atoms with Gasteiger partial charge in [-0.3, -0.25) is 14.9 Å². The van der Waals surface area contributed by atoms with Crippen LogP contribution in [0.25, 0.3) is 5.69 Å². The van der Waals surface area contributed by atoms with E-state index < -0.39 is 26.7 Å². The number of hydrogen-bond donors (Lipinski definition) is 1. The van der Waals surface area contributed by atoms with Gasteiger partial charge >= 0.3 is 0 Å². The average Bonchev–Trinajstić information content (AvgIpc) is 3.40. The topological polar surface area (TPSA) is 140 Å². The summed E-state index contributed by atoms with van der Waals surface area (Å²) in [5.74, 6) is 0.224. The van der Waals surface area contributed by atoms with E-state index in [2.05, 4.69) is 5.32 Å². The molecule has 0 aliphatic carbocycles. The second-order valence-corrected chi connectivity index (χ2v) is 14.0. The molecule has 47 heavy (non-hydrogen) atoms. The number of aryl methyl sites for hydroxylation is 1. The first-order valence-corrected chi connectivity index (χ1v) is 16.6. The quantitative estimate of drug-likeness (QED) is 0.148. The lowest BCUT2D eigenvalue weighted by Crippen LogP contribution is -2.48. The zero-order valence-corrected chi connectivity index (χ0v) is 27.0. The molecule has 0 spiro atoms. The number of nitro benzene ring substituents is 1. The van der Waals surface area contributed by atoms with E-state index in [0.717, 1.165) is 5.56 Å². The summed E-state index contributed by atoms with van der Waals surface area (Å²) in [7, 11) is -3.79. The van der Waals surface area contributed by atoms with Crippen molar-refractivity contribution in [1.29, 1.82) is 0 Å². The molecule has 3 heterocycles. The number of anilines is 2. The highest BCUT2D eigenvalue weighted by Crippen LogP contribution is 2.48. The standard InChI is InChI=1S/C34H27ClN6O5S/c1-19(2)21-8-13-24(14-9-21)47(45,46)25-15-11-23(12-16-25)40-32-30(20(3)38-40)31(22-10-17-26(35)29(18-22)41(43)44)39-28-7-5-4-6-27(28)36-34(42)33(39)37-32/h4-19,31H,1-3H3,(H,36,42)/t31-/m0/s1. The minimum atomic E-state index is -3.79. The molecule has 5 aromatic rings. The number of nitro groups is 1. The predicted octanol–water partition coefficient (Wildman–Crippen LogP) is 7.29. The molecule has 236 valence electrons. The molecular weight excluding hydrogens is 640 g/mol. The van der Waals surface area contributed by atoms with Gasteiger partial charge in [0.1, 0.15) is 5.02 Å². The zero-order valence-electron chi connectivity index (χ0n) is 25.4. The third-order valence-electron chi connectivity index (χ3n) is 8.40. The summed E-state index contributed by atoms with van der Waals surface area (Å²) in [6, 6.07) is 24.2. The Bertz CT molecular complexity index is 2250. The molecule has 2 aliphatic rings. The van der Waals surface area contributed by atoms with Gasteiger partial charge in [0.05, 0.1) is 43.5 Å². The smallest absolute Gasteiger partial charge is 0.291 e. The predicted molar refractivity (Wildman–Crippen MR) is 179 cm³/mol. The summed E-state index contributed by atoms with van der Waals surface area (Å²) in [5.41, 5.74) is 4.19. The molecule has 1 atom stereocenters. The van der Waals surface area contributed by atoms with Crippen molar-refractivity contribution in [3.05, 3.63) is 129 Å². The molecule has 1 amide bonds. The van der Waals surface area contributed by atoms with Crippen LogP contribution in [-0.2, 0) is 14.6 Å². The Morgan fingerprint density at radius 2 is 1.62 bits per heavy atom. The fourth-order valence-corrected chi connectivity index (χ4v) is 7.46. The maximum atomic E-state index is 13.5. The van der Waals surface area contributed by atoms with Crippen LogP contribution in [0.15, 0.2) is 106 Å². The van der Waals surface area contributed by atoms with Crippen LogP contribution in [0.4, 0.5) is 22.9 Å². The summed E-state index contributed by atoms with van der Waals surface area (Å²) in [5, 5.41) is 19.5. The van der Waals surface area contributed by atoms with Gasteiger partial charge in [0.15, 0.2) is 5.82 Å². The number of rotatable bonds is 6. The van der Waals surface area contributed by atoms with Crippen molar-refractivity contribution in [2.75, 3.05) is 10.2 Å². The number of nitrogens with one attached hydrogen (secondary N) is 1. The van der Waals surface area contributed by atoms with Gasteiger partial charge in [-0.15, -0.1) is 0 Å². The van der Waals surface area contributed by atoms with Crippen LogP contribution in [0.2, 0.25) is 5.02 Å². The summed E-state index contributed by atoms with van der Waals surface area (Å²) >= 11 is 6.19. The number of para-hydroxylation sites is 2. The molecule has 0 saturated heterocycles. The van der Waals surface area contributed by atoms with Crippen LogP contribution < -0.4 is 10.2 Å². The maximum Gasteiger partial charge on any atom is 0.291 e. The van der Waals surface area contributed by atoms with E-state index >= 15 is 0 Å². The van der Waals surface area contributed by atoms with Gasteiger partial charge in [-0.1, -0.05) is 55.8 Å². The third-order valence-corrected chi connectivity index (χ3v) is 10.5. The molecule has 1 N–H and O–H groups in total. The molecule has 11 nitrogen and oxygen atoms in total. The highest BCUT2D eigenvalue weighted by molar-refractivity contribution is 7.91. The second-order valence-electron chi connectivity index (χ2n) is 11.6. The lowest BCUT2D eigenvalue weighted by atomic mass is 9.93. The van der Waals surface area contributed by atoms with Crippen molar-refractivity contribution in [1.82, 2.24) is 9.78 Å². The minimum Gasteiger partial charge on any atom is -0.317 e. The van der Waals surface area contributed by atoms with Gasteiger partial charge in [0.2, 0.25) is 15.7 Å². The Labute approximate surface area is 275 Å². The van der Waals surface area contributed by atoms with Crippen molar-refractivity contribution in [2.45, 2.75) is 42.5 Å². The molecule has 1 aromatic heterocycles. The number of aliphatic imine (C=N–C) groups is 1. The lowest BCUT2D eigenvalue weighted by molar-refractivity contribution is -0.384. The SMILES string of the molecule is Cc1nn(-c2ccc(S(=O)(=O)c3ccc(C(C)C)cc3)cc2)c2c1[C@H](c1ccc(Cl)c([N+](=O)[O-])c1)N1C(=N2)C(=O)Nc2ccccc21. The first-order valence-electron chi connectivity index (χ1n) is 14.7. The van der Waals surface area contributed by atoms with E-state index in [0.29, 0.717) is 39.7 Å². The molecule has 4 aromatic carbocycles. The van der Waals surface area contributed by atoms with Crippen LogP contribution in [0.3, 0.4) is 0 Å². The summed E-state index contributed by atoms with van der Waals surface area (Å²) in [6.07, 6.45) is 0. The minimum absolute atomic E-state index is 0.0150. The van der Waals surface area contributed by atoms with Gasteiger partial charge < -0.3 is 10.2 Å². The van der Waals surface area contributed by atoms with Crippen LogP contribution in [0.1, 0.15) is 48.2 Å². The van der Waals surface area contributed by atoms with Crippen molar-refractivity contribution >= 4 is 56.1 Å². The Hall–Kier alpha value is -5.33. The van der Waals surface area contributed by atoms with E-state index in [4.69, 9.17) is 21.7 Å². The van der Waals surface area contributed by atoms with Gasteiger partial charge in [-0.2, -0.15) is 5.10 Å². The Morgan fingerprint density at radius 3 is 2.28 bits per heavy atom. The number of sulfone groups is 1. The number of fused-ring (bicyclic) bond motifs is 4. The van der Waals surface area contributed by atoms with E-state index in [1.54, 1.807) is 59.0 Å². The number of hydrogen-bond acceptors (Lipinski definition) is 8. The third kappa shape index (κ3) is 4.97. The normalized spacial score (nSPS) is 15.4. The molecular formula is C34H27ClN6O5S. The maximum absolute atomic E-state index is 13.5. The fourth-order valence-electron chi connectivity index (χ4n) is 6.01. The Balaban J connectivity index is 1.37. The number of halogens is 1. The van der Waals surface area contributed by atoms with Gasteiger partial charge in [0.25, 0.3) is 11.6 Å². The van der Waals surface area contributed by atoms with Crippen LogP contribution in [0.5, 0.6) is 0 Å². The first-order chi connectivity index (χ1) is 22.5. The number of amidine groups is 1. The number of aromatic nitrogens is 2. The zero-order chi connectivity index (χ0) is 33.2. The van der Waals surface area contributed by atoms with E-state index in [1.807, 2.05) is 38.1 Å². The molecule has 0 fully saturated rings. The largest absolute Gasteiger partial charge is 0.317 e. The van der Waals surface area contributed by atoms with Gasteiger partial charge in [-0.25, -0.2) is 18.1 Å². The number of carbonyl (C=O) groups is 1. The highest BCUT2D eigenvalue weighted by atomic mass is 35.5. The molecule has 0 unspecified atom stereocenters. The summed E-state index contributed by atoms with van der Waals surface area (Å²) < 4.78 is 28.4. The monoisotopic (exact) mass is 666 g/mol. The van der Waals surface area contributed by atoms with Crippen molar-refractivity contribution in [2.24, 2.45) is 4.99 Å². The van der Waals surface area contributed by atoms with Crippen LogP contribution >= 0.6 is 11.6 Å². The molecule has 0 saturated carbocycles. The number of carbonyl (C=O) groups excluding carboxylic acids is 1. The van der Waals surface area contributed by atoms with Crippen LogP contribution in [0, 0.1) is 17.0 Å². The number of benzene rings is 4. The fraction of sp³-hybridized carbons (Fsp3) is 0.147. The van der Waals surface area contributed by atoms with Crippen molar-refractivity contribution < 1.29 is 18.1 Å². The molecule has 7 rings (SSSR count). The number of nitrogens with zero attached hydrogens (tertiary/aromatic N) is 5. The average molecular weight is 667 g/mol. The van der Waals surface area contributed by atoms with Crippen molar-refractivity contribution in [3.8, 4) is 5.69 Å². The molecule has 13 heteroatoms. The molecule has 2 aliphatic heterocycles. The molecule has 0 radical (unpaired) electrons. The number of amides is 1. The van der Waals surface area contributed by atoms with Crippen LogP contribution in [-0.4, -0.2) is 34.9 Å². The summed E-state index contributed by atoms with van der Waals surface area (Å²) in [4.78, 5) is 31.7. The van der Waals surface area contributed by atoms with E-state index in [9.17, 15) is 23.3 Å². The Kier molecular flexibility index (Phi) is 7.21. The summed E-state index contributed by atoms with van der Waals surface area (Å²) in [6.45, 7) is 5.88. The van der Waals surface area contributed by atoms with Gasteiger partial charge in [0, 0.05) is 11.6 Å². The lowest BCUT2D eigenvalue weighted by Gasteiger charge is -2.40. The second kappa shape index (κ2) is 11.2. The molecule has 0 bridgehead atoms. The van der Waals surface area contributed by atoms with E-state index in [-0.39, 0.29) is 32.3 Å². The van der Waals surface area contributed by atoms with E-state index in [1.165, 1.54) is 24.3 Å². The van der Waals surface area contributed by atoms with Gasteiger partial charge in [-0.05, 0) is 78.6 Å².